The number of nitrogens with zero attached hydrogens (tertiary/aromatic N) is 6. The number of pyridine rings is 3. The van der Waals surface area contributed by atoms with Crippen LogP contribution in [0.4, 0.5) is 5.69 Å². The van der Waals surface area contributed by atoms with Crippen molar-refractivity contribution in [1.82, 2.24) is 15.0 Å². The number of aryl methyl sites for hydroxylation is 2. The van der Waals surface area contributed by atoms with Gasteiger partial charge in [-0.1, -0.05) is 51.7 Å². The van der Waals surface area contributed by atoms with Crippen LogP contribution < -0.4 is 4.90 Å². The number of rotatable bonds is 12. The van der Waals surface area contributed by atoms with Gasteiger partial charge in [-0.3, -0.25) is 15.0 Å². The number of aliphatic carboxylic acids is 1. The van der Waals surface area contributed by atoms with Gasteiger partial charge in [-0.2, -0.15) is 0 Å². The largest absolute Gasteiger partial charge is 0.478 e. The molecule has 1 saturated heterocycles. The zero-order valence-corrected chi connectivity index (χ0v) is 34.4. The second kappa shape index (κ2) is 31.1. The quantitative estimate of drug-likeness (QED) is 0.0793. The zero-order valence-electron chi connectivity index (χ0n) is 34.4. The summed E-state index contributed by atoms with van der Waals surface area (Å²) in [6, 6.07) is 16.0. The van der Waals surface area contributed by atoms with E-state index in [2.05, 4.69) is 61.1 Å². The number of aliphatic imine (C=N–C) groups is 2. The molecule has 6 rings (SSSR count). The number of carboxylic acid groups (broad SMARTS) is 1. The molecule has 0 aromatic carbocycles. The molecule has 0 bridgehead atoms. The minimum atomic E-state index is -0.935. The minimum Gasteiger partial charge on any atom is -0.478 e. The molecule has 2 saturated carbocycles. The maximum Gasteiger partial charge on any atom is 0.333 e. The molecule has 0 spiro atoms. The lowest BCUT2D eigenvalue weighted by Crippen LogP contribution is -2.17. The first-order valence-corrected chi connectivity index (χ1v) is 20.6. The number of hydrogen-bond donors (Lipinski definition) is 2. The number of carbonyl (C=O) groups is 2. The van der Waals surface area contributed by atoms with Crippen LogP contribution in [0.2, 0.25) is 0 Å². The Kier molecular flexibility index (Phi) is 26.3. The molecule has 4 heterocycles. The third kappa shape index (κ3) is 24.3. The molecule has 1 aliphatic heterocycles. The lowest BCUT2D eigenvalue weighted by atomic mass is 9.96. The van der Waals surface area contributed by atoms with Gasteiger partial charge in [0.05, 0.1) is 24.7 Å². The first-order chi connectivity index (χ1) is 27.7. The van der Waals surface area contributed by atoms with Gasteiger partial charge < -0.3 is 19.8 Å². The average Bonchev–Trinajstić information content (AvgIpc) is 3.80. The van der Waals surface area contributed by atoms with Gasteiger partial charge in [-0.25, -0.2) is 19.6 Å². The summed E-state index contributed by atoms with van der Waals surface area (Å²) in [5, 5.41) is 16.4. The van der Waals surface area contributed by atoms with Crippen LogP contribution in [0, 0.1) is 0 Å². The number of aliphatic hydroxyl groups is 1. The predicted octanol–water partition coefficient (Wildman–Crippen LogP) is 9.29. The minimum absolute atomic E-state index is 0.176. The number of aliphatic hydroxyl groups excluding tert-OH is 1. The number of carboxylic acids is 1. The van der Waals surface area contributed by atoms with Gasteiger partial charge in [0.15, 0.2) is 0 Å². The summed E-state index contributed by atoms with van der Waals surface area (Å²) in [6.07, 6.45) is 30.1. The van der Waals surface area contributed by atoms with Crippen molar-refractivity contribution in [3.8, 4) is 0 Å². The van der Waals surface area contributed by atoms with Crippen LogP contribution in [-0.4, -0.2) is 81.5 Å². The average molecular weight is 783 g/mol. The van der Waals surface area contributed by atoms with E-state index >= 15 is 0 Å². The Labute approximate surface area is 341 Å². The first kappa shape index (κ1) is 48.2. The normalized spacial score (nSPS) is 14.8. The van der Waals surface area contributed by atoms with Gasteiger partial charge in [-0.05, 0) is 126 Å². The lowest BCUT2D eigenvalue weighted by Gasteiger charge is -2.17. The molecule has 0 unspecified atom stereocenters. The summed E-state index contributed by atoms with van der Waals surface area (Å²) in [4.78, 5) is 43.8. The first-order valence-electron chi connectivity index (χ1n) is 20.6. The second-order valence-electron chi connectivity index (χ2n) is 14.5. The van der Waals surface area contributed by atoms with Gasteiger partial charge in [0.2, 0.25) is 0 Å². The molecule has 2 N–H and O–H groups in total. The Morgan fingerprint density at radius 2 is 1.12 bits per heavy atom. The number of esters is 1. The number of carbonyl (C=O) groups excluding carboxylic acids is 1. The maximum absolute atomic E-state index is 11.0. The van der Waals surface area contributed by atoms with Crippen molar-refractivity contribution in [2.45, 2.75) is 129 Å². The van der Waals surface area contributed by atoms with Gasteiger partial charge in [0.1, 0.15) is 0 Å². The standard InChI is InChI=1S/C13H22N2.C12H15NO2.C9H12N2.C8H11NO.C4H6O2/c1-3-7-12(8-4-1)14-11-15-13-9-5-2-6-10-13;1-10(2)12(14)15-9-3-4-11-5-7-13-8-6-11;1-2-8-11(7-1)9-3-5-10-6-4-9;10-7-1-2-8-3-5-9-6-4-8;1-3(2)4(5)6/h12-13H,1-10H2;5-8H,1,3-4,9H2,2H3;3-6H,1-2,7-8H2;3-6,10H,1-2,7H2;1H2,2H3,(H,5,6). The second-order valence-corrected chi connectivity index (χ2v) is 14.5. The Balaban J connectivity index is 0.000000253. The van der Waals surface area contributed by atoms with E-state index in [-0.39, 0.29) is 18.1 Å². The summed E-state index contributed by atoms with van der Waals surface area (Å²) < 4.78 is 4.97. The van der Waals surface area contributed by atoms with E-state index in [9.17, 15) is 9.59 Å². The summed E-state index contributed by atoms with van der Waals surface area (Å²) in [6.45, 7) is 12.9. The van der Waals surface area contributed by atoms with E-state index in [4.69, 9.17) is 14.9 Å². The van der Waals surface area contributed by atoms with Crippen molar-refractivity contribution < 1.29 is 24.5 Å². The monoisotopic (exact) mass is 783 g/mol. The Morgan fingerprint density at radius 3 is 1.53 bits per heavy atom. The smallest absolute Gasteiger partial charge is 0.333 e. The molecular weight excluding hydrogens is 717 g/mol. The van der Waals surface area contributed by atoms with Crippen LogP contribution in [0.15, 0.2) is 108 Å². The van der Waals surface area contributed by atoms with Crippen molar-refractivity contribution in [3.63, 3.8) is 0 Å². The fourth-order valence-electron chi connectivity index (χ4n) is 6.09. The number of ether oxygens (including phenoxy) is 1. The number of anilines is 1. The van der Waals surface area contributed by atoms with Crippen LogP contribution in [0.1, 0.15) is 115 Å². The predicted molar refractivity (Wildman–Crippen MR) is 230 cm³/mol. The lowest BCUT2D eigenvalue weighted by molar-refractivity contribution is -0.139. The molecule has 0 amide bonds. The Bertz CT molecular complexity index is 1550. The fraction of sp³-hybridized carbons (Fsp3) is 0.522. The highest BCUT2D eigenvalue weighted by Gasteiger charge is 2.13. The Hall–Kier alpha value is -4.99. The highest BCUT2D eigenvalue weighted by Crippen LogP contribution is 2.21. The maximum atomic E-state index is 11.0. The molecule has 3 fully saturated rings. The summed E-state index contributed by atoms with van der Waals surface area (Å²) in [5.74, 6) is -1.25. The summed E-state index contributed by atoms with van der Waals surface area (Å²) >= 11 is 0. The van der Waals surface area contributed by atoms with Gasteiger partial charge in [-0.15, -0.1) is 0 Å². The molecule has 310 valence electrons. The van der Waals surface area contributed by atoms with Crippen LogP contribution in [0.25, 0.3) is 0 Å². The Morgan fingerprint density at radius 1 is 0.702 bits per heavy atom. The van der Waals surface area contributed by atoms with Gasteiger partial charge >= 0.3 is 11.9 Å². The topological polar surface area (TPSA) is 150 Å². The molecule has 11 nitrogen and oxygen atoms in total. The van der Waals surface area contributed by atoms with Crippen LogP contribution in [0.5, 0.6) is 0 Å². The molecule has 0 radical (unpaired) electrons. The highest BCUT2D eigenvalue weighted by molar-refractivity contribution is 5.86. The molecule has 0 atom stereocenters. The molecule has 3 aromatic heterocycles. The third-order valence-electron chi connectivity index (χ3n) is 9.44. The molecule has 11 heteroatoms. The number of aromatic nitrogens is 3. The van der Waals surface area contributed by atoms with E-state index in [1.54, 1.807) is 31.7 Å². The van der Waals surface area contributed by atoms with Crippen molar-refractivity contribution in [1.29, 1.82) is 0 Å². The van der Waals surface area contributed by atoms with Crippen molar-refractivity contribution >= 4 is 23.6 Å². The van der Waals surface area contributed by atoms with Crippen molar-refractivity contribution in [3.05, 3.63) is 109 Å². The third-order valence-corrected chi connectivity index (χ3v) is 9.44. The van der Waals surface area contributed by atoms with E-state index in [1.165, 1.54) is 114 Å². The molecule has 57 heavy (non-hydrogen) atoms. The fourth-order valence-corrected chi connectivity index (χ4v) is 6.09. The van der Waals surface area contributed by atoms with Crippen molar-refractivity contribution in [2.24, 2.45) is 9.98 Å². The summed E-state index contributed by atoms with van der Waals surface area (Å²) in [7, 11) is 0. The van der Waals surface area contributed by atoms with Gasteiger partial charge in [0, 0.05) is 73.7 Å². The van der Waals surface area contributed by atoms with E-state index in [0.717, 1.165) is 25.7 Å². The van der Waals surface area contributed by atoms with Crippen molar-refractivity contribution in [2.75, 3.05) is 31.2 Å². The molecular formula is C46H66N6O5. The van der Waals surface area contributed by atoms with Crippen LogP contribution >= 0.6 is 0 Å². The molecule has 3 aliphatic rings. The van der Waals surface area contributed by atoms with E-state index < -0.39 is 5.97 Å². The zero-order chi connectivity index (χ0) is 41.4. The molecule has 2 aliphatic carbocycles. The number of hydrogen-bond acceptors (Lipinski definition) is 10. The van der Waals surface area contributed by atoms with Crippen LogP contribution in [0.3, 0.4) is 0 Å². The highest BCUT2D eigenvalue weighted by atomic mass is 16.5. The molecule has 3 aromatic rings. The van der Waals surface area contributed by atoms with E-state index in [0.29, 0.717) is 24.3 Å². The van der Waals surface area contributed by atoms with Crippen LogP contribution in [-0.2, 0) is 27.2 Å². The SMILES string of the molecule is C(=NC1CCCCC1)=NC1CCCCC1.C=C(C)C(=O)O.C=C(C)C(=O)OCCCc1ccncc1.OCCCc1ccncc1.c1cc(N2CCCC2)ccn1. The summed E-state index contributed by atoms with van der Waals surface area (Å²) in [5.41, 5.74) is 4.38. The van der Waals surface area contributed by atoms with E-state index in [1.807, 2.05) is 36.7 Å². The van der Waals surface area contributed by atoms with Gasteiger partial charge in [0.25, 0.3) is 0 Å².